The third kappa shape index (κ3) is 4.93. The Hall–Kier alpha value is -3.58. The van der Waals surface area contributed by atoms with E-state index in [1.165, 1.54) is 0 Å². The summed E-state index contributed by atoms with van der Waals surface area (Å²) in [6, 6.07) is 25.5. The molecule has 0 atom stereocenters. The van der Waals surface area contributed by atoms with Crippen LogP contribution in [-0.4, -0.2) is 33.1 Å². The fourth-order valence-corrected chi connectivity index (χ4v) is 4.60. The number of Topliss-reactive ketones (excluding diaryl/α,β-unsaturated/α-hetero) is 1. The Labute approximate surface area is 196 Å². The summed E-state index contributed by atoms with van der Waals surface area (Å²) in [7, 11) is 0. The molecule has 33 heavy (non-hydrogen) atoms. The van der Waals surface area contributed by atoms with Gasteiger partial charge in [-0.25, -0.2) is 0 Å². The fraction of sp³-hybridized carbons (Fsp3) is 0.192. The second-order valence-corrected chi connectivity index (χ2v) is 8.75. The van der Waals surface area contributed by atoms with Gasteiger partial charge in [0.25, 0.3) is 0 Å². The second kappa shape index (κ2) is 9.92. The number of rotatable bonds is 9. The molecule has 0 saturated heterocycles. The van der Waals surface area contributed by atoms with Gasteiger partial charge in [-0.05, 0) is 24.1 Å². The van der Waals surface area contributed by atoms with Crippen LogP contribution < -0.4 is 9.47 Å². The van der Waals surface area contributed by atoms with Crippen LogP contribution in [0.25, 0.3) is 11.4 Å². The van der Waals surface area contributed by atoms with Crippen molar-refractivity contribution < 1.29 is 14.3 Å². The molecule has 0 saturated carbocycles. The summed E-state index contributed by atoms with van der Waals surface area (Å²) in [5, 5.41) is 9.79. The average molecular weight is 458 g/mol. The van der Waals surface area contributed by atoms with Gasteiger partial charge in [0.1, 0.15) is 0 Å². The van der Waals surface area contributed by atoms with Crippen LogP contribution in [0.1, 0.15) is 28.8 Å². The third-order valence-corrected chi connectivity index (χ3v) is 6.45. The second-order valence-electron chi connectivity index (χ2n) is 7.69. The summed E-state index contributed by atoms with van der Waals surface area (Å²) in [6.45, 7) is 0.864. The van der Waals surface area contributed by atoms with Crippen molar-refractivity contribution in [1.29, 1.82) is 0 Å². The number of ketones is 1. The van der Waals surface area contributed by atoms with E-state index in [1.807, 2.05) is 78.9 Å². The molecule has 0 radical (unpaired) electrons. The average Bonchev–Trinajstić information content (AvgIpc) is 3.49. The highest BCUT2D eigenvalue weighted by molar-refractivity contribution is 7.99. The van der Waals surface area contributed by atoms with Gasteiger partial charge in [0.15, 0.2) is 28.3 Å². The van der Waals surface area contributed by atoms with E-state index in [1.54, 1.807) is 11.8 Å². The third-order valence-electron chi connectivity index (χ3n) is 5.40. The van der Waals surface area contributed by atoms with Gasteiger partial charge in [-0.15, -0.1) is 10.2 Å². The quantitative estimate of drug-likeness (QED) is 0.188. The highest BCUT2D eigenvalue weighted by Gasteiger charge is 2.18. The normalized spacial score (nSPS) is 12.1. The molecule has 1 aliphatic rings. The molecular weight excluding hydrogens is 434 g/mol. The lowest BCUT2D eigenvalue weighted by molar-refractivity contribution is 0.0982. The molecule has 1 aromatic heterocycles. The first kappa shape index (κ1) is 21.3. The predicted octanol–water partition coefficient (Wildman–Crippen LogP) is 5.48. The fourth-order valence-electron chi connectivity index (χ4n) is 3.73. The summed E-state index contributed by atoms with van der Waals surface area (Å²) < 4.78 is 13.1. The number of hydrogen-bond acceptors (Lipinski definition) is 6. The van der Waals surface area contributed by atoms with E-state index in [-0.39, 0.29) is 12.6 Å². The minimum atomic E-state index is 0.169. The Morgan fingerprint density at radius 3 is 2.48 bits per heavy atom. The Morgan fingerprint density at radius 2 is 1.67 bits per heavy atom. The van der Waals surface area contributed by atoms with Crippen LogP contribution in [0.4, 0.5) is 0 Å². The van der Waals surface area contributed by atoms with Crippen molar-refractivity contribution in [3.63, 3.8) is 0 Å². The smallest absolute Gasteiger partial charge is 0.231 e. The molecule has 7 heteroatoms. The van der Waals surface area contributed by atoms with Gasteiger partial charge < -0.3 is 9.47 Å². The van der Waals surface area contributed by atoms with E-state index in [0.717, 1.165) is 51.3 Å². The van der Waals surface area contributed by atoms with E-state index in [0.29, 0.717) is 13.0 Å². The number of benzene rings is 3. The maximum Gasteiger partial charge on any atom is 0.231 e. The molecule has 166 valence electrons. The van der Waals surface area contributed by atoms with Gasteiger partial charge in [-0.2, -0.15) is 0 Å². The summed E-state index contributed by atoms with van der Waals surface area (Å²) in [6.07, 6.45) is 1.29. The molecule has 5 rings (SSSR count). The summed E-state index contributed by atoms with van der Waals surface area (Å²) in [5.74, 6) is 3.30. The van der Waals surface area contributed by atoms with Crippen molar-refractivity contribution in [2.75, 3.05) is 12.5 Å². The topological polar surface area (TPSA) is 66.2 Å². The summed E-state index contributed by atoms with van der Waals surface area (Å²) >= 11 is 1.63. The van der Waals surface area contributed by atoms with E-state index < -0.39 is 0 Å². The molecule has 2 heterocycles. The minimum absolute atomic E-state index is 0.169. The minimum Gasteiger partial charge on any atom is -0.454 e. The SMILES string of the molecule is O=C(CCCSc1nnc(-c2ccccc2)n1Cc1ccc2c(c1)OCO2)c1ccccc1. The number of thioether (sulfide) groups is 1. The van der Waals surface area contributed by atoms with Crippen molar-refractivity contribution >= 4 is 17.5 Å². The highest BCUT2D eigenvalue weighted by Crippen LogP contribution is 2.33. The zero-order valence-electron chi connectivity index (χ0n) is 18.0. The van der Waals surface area contributed by atoms with E-state index >= 15 is 0 Å². The number of nitrogens with zero attached hydrogens (tertiary/aromatic N) is 3. The predicted molar refractivity (Wildman–Crippen MR) is 128 cm³/mol. The van der Waals surface area contributed by atoms with Gasteiger partial charge in [-0.3, -0.25) is 9.36 Å². The number of hydrogen-bond donors (Lipinski definition) is 0. The van der Waals surface area contributed by atoms with Crippen LogP contribution in [-0.2, 0) is 6.54 Å². The Bertz CT molecular complexity index is 1240. The maximum atomic E-state index is 12.4. The Balaban J connectivity index is 1.31. The number of carbonyl (C=O) groups excluding carboxylic acids is 1. The van der Waals surface area contributed by atoms with E-state index in [9.17, 15) is 4.79 Å². The molecule has 0 spiro atoms. The van der Waals surface area contributed by atoms with Crippen LogP contribution in [0.15, 0.2) is 84.0 Å². The standard InChI is InChI=1S/C26H23N3O3S/c30-22(20-8-3-1-4-9-20)12-7-15-33-26-28-27-25(21-10-5-2-6-11-21)29(26)17-19-13-14-23-24(16-19)32-18-31-23/h1-6,8-11,13-14,16H,7,12,15,17-18H2. The van der Waals surface area contributed by atoms with Crippen molar-refractivity contribution in [3.8, 4) is 22.9 Å². The van der Waals surface area contributed by atoms with Gasteiger partial charge in [0.05, 0.1) is 6.54 Å². The highest BCUT2D eigenvalue weighted by atomic mass is 32.2. The lowest BCUT2D eigenvalue weighted by Crippen LogP contribution is -2.05. The van der Waals surface area contributed by atoms with Gasteiger partial charge >= 0.3 is 0 Å². The summed E-state index contributed by atoms with van der Waals surface area (Å²) in [4.78, 5) is 12.4. The zero-order valence-corrected chi connectivity index (χ0v) is 18.8. The van der Waals surface area contributed by atoms with E-state index in [4.69, 9.17) is 9.47 Å². The van der Waals surface area contributed by atoms with Gasteiger partial charge in [0.2, 0.25) is 6.79 Å². The zero-order chi connectivity index (χ0) is 22.5. The van der Waals surface area contributed by atoms with Crippen LogP contribution >= 0.6 is 11.8 Å². The molecule has 0 bridgehead atoms. The number of ether oxygens (including phenoxy) is 2. The van der Waals surface area contributed by atoms with Crippen molar-refractivity contribution in [2.45, 2.75) is 24.5 Å². The number of carbonyl (C=O) groups is 1. The molecular formula is C26H23N3O3S. The Kier molecular flexibility index (Phi) is 6.39. The first-order chi connectivity index (χ1) is 16.3. The van der Waals surface area contributed by atoms with Crippen molar-refractivity contribution in [3.05, 3.63) is 90.0 Å². The van der Waals surface area contributed by atoms with Crippen LogP contribution in [0.2, 0.25) is 0 Å². The summed E-state index contributed by atoms with van der Waals surface area (Å²) in [5.41, 5.74) is 2.86. The number of fused-ring (bicyclic) bond motifs is 1. The van der Waals surface area contributed by atoms with Crippen molar-refractivity contribution in [2.24, 2.45) is 0 Å². The van der Waals surface area contributed by atoms with Crippen LogP contribution in [0.5, 0.6) is 11.5 Å². The van der Waals surface area contributed by atoms with Crippen LogP contribution in [0, 0.1) is 0 Å². The van der Waals surface area contributed by atoms with Crippen LogP contribution in [0.3, 0.4) is 0 Å². The molecule has 0 N–H and O–H groups in total. The molecule has 6 nitrogen and oxygen atoms in total. The van der Waals surface area contributed by atoms with Crippen molar-refractivity contribution in [1.82, 2.24) is 14.8 Å². The first-order valence-corrected chi connectivity index (χ1v) is 11.8. The molecule has 1 aliphatic heterocycles. The molecule has 0 aliphatic carbocycles. The largest absolute Gasteiger partial charge is 0.454 e. The molecule has 3 aromatic carbocycles. The Morgan fingerprint density at radius 1 is 0.909 bits per heavy atom. The molecule has 0 unspecified atom stereocenters. The van der Waals surface area contributed by atoms with Gasteiger partial charge in [0, 0.05) is 23.3 Å². The lowest BCUT2D eigenvalue weighted by atomic mass is 10.1. The molecule has 0 amide bonds. The first-order valence-electron chi connectivity index (χ1n) is 10.9. The van der Waals surface area contributed by atoms with Gasteiger partial charge in [-0.1, -0.05) is 78.5 Å². The maximum absolute atomic E-state index is 12.4. The monoisotopic (exact) mass is 457 g/mol. The molecule has 0 fully saturated rings. The number of aromatic nitrogens is 3. The van der Waals surface area contributed by atoms with E-state index in [2.05, 4.69) is 14.8 Å². The lowest BCUT2D eigenvalue weighted by Gasteiger charge is -2.11. The molecule has 4 aromatic rings.